The minimum absolute atomic E-state index is 0.155. The molecular formula is C26H16F3N3O2. The van der Waals surface area contributed by atoms with Crippen LogP contribution in [0.5, 0.6) is 0 Å². The molecule has 0 unspecified atom stereocenters. The van der Waals surface area contributed by atoms with E-state index >= 15 is 0 Å². The van der Waals surface area contributed by atoms with Gasteiger partial charge in [-0.2, -0.15) is 13.8 Å². The van der Waals surface area contributed by atoms with Gasteiger partial charge in [0.2, 0.25) is 0 Å². The summed E-state index contributed by atoms with van der Waals surface area (Å²) in [5.41, 5.74) is 2.17. The van der Waals surface area contributed by atoms with Crippen molar-refractivity contribution >= 4 is 34.2 Å². The lowest BCUT2D eigenvalue weighted by molar-refractivity contribution is -0.0688. The van der Waals surface area contributed by atoms with Gasteiger partial charge in [0.25, 0.3) is 0 Å². The number of hydrogen-bond acceptors (Lipinski definition) is 4. The number of alkyl halides is 2. The number of hydrogen-bond donors (Lipinski definition) is 0. The minimum Gasteiger partial charge on any atom is -0.393 e. The van der Waals surface area contributed by atoms with Gasteiger partial charge in [0.05, 0.1) is 5.69 Å². The van der Waals surface area contributed by atoms with E-state index in [0.29, 0.717) is 28.0 Å². The van der Waals surface area contributed by atoms with E-state index in [-0.39, 0.29) is 11.6 Å². The summed E-state index contributed by atoms with van der Waals surface area (Å²) in [7, 11) is 0. The summed E-state index contributed by atoms with van der Waals surface area (Å²) in [6.07, 6.45) is -0.131. The number of pyridine rings is 1. The van der Waals surface area contributed by atoms with Crippen LogP contribution in [0, 0.1) is 0 Å². The first kappa shape index (κ1) is 21.4. The average Bonchev–Trinajstić information content (AvgIpc) is 3.20. The highest BCUT2D eigenvalue weighted by Gasteiger charge is 2.19. The zero-order valence-electron chi connectivity index (χ0n) is 17.5. The van der Waals surface area contributed by atoms with Gasteiger partial charge in [0.1, 0.15) is 5.65 Å². The zero-order valence-corrected chi connectivity index (χ0v) is 17.5. The summed E-state index contributed by atoms with van der Waals surface area (Å²) in [6, 6.07) is 25.1. The van der Waals surface area contributed by atoms with E-state index in [0.717, 1.165) is 10.8 Å². The number of halogens is 3. The van der Waals surface area contributed by atoms with E-state index in [2.05, 4.69) is 14.7 Å². The van der Waals surface area contributed by atoms with Gasteiger partial charge in [-0.1, -0.05) is 66.7 Å². The third-order valence-corrected chi connectivity index (χ3v) is 5.30. The molecule has 0 aliphatic heterocycles. The number of carbonyl (C=O) groups excluding carboxylic acids is 1. The molecule has 0 radical (unpaired) electrons. The van der Waals surface area contributed by atoms with Crippen LogP contribution in [0.2, 0.25) is 0 Å². The van der Waals surface area contributed by atoms with Crippen molar-refractivity contribution in [2.24, 2.45) is 4.99 Å². The monoisotopic (exact) mass is 459 g/mol. The van der Waals surface area contributed by atoms with E-state index in [1.807, 2.05) is 42.5 Å². The molecule has 0 spiro atoms. The van der Waals surface area contributed by atoms with Gasteiger partial charge in [0.15, 0.2) is 11.6 Å². The Bertz CT molecular complexity index is 1550. The van der Waals surface area contributed by atoms with Gasteiger partial charge >= 0.3 is 12.8 Å². The summed E-state index contributed by atoms with van der Waals surface area (Å²) >= 11 is 0. The Kier molecular flexibility index (Phi) is 5.55. The zero-order chi connectivity index (χ0) is 23.7. The Balaban J connectivity index is 1.71. The molecule has 0 amide bonds. The number of ketones is 1. The Morgan fingerprint density at radius 2 is 1.62 bits per heavy atom. The summed E-state index contributed by atoms with van der Waals surface area (Å²) < 4.78 is 44.3. The number of fused-ring (bicyclic) bond motifs is 2. The first-order chi connectivity index (χ1) is 16.5. The molecule has 0 saturated heterocycles. The normalized spacial score (nSPS) is 11.9. The molecule has 3 aromatic carbocycles. The summed E-state index contributed by atoms with van der Waals surface area (Å²) in [4.78, 5) is 20.8. The molecule has 0 atom stereocenters. The Labute approximate surface area is 191 Å². The topological polar surface area (TPSA) is 56.0 Å². The number of ether oxygens (including phenoxy) is 1. The van der Waals surface area contributed by atoms with Crippen molar-refractivity contribution in [3.63, 3.8) is 0 Å². The smallest absolute Gasteiger partial charge is 0.390 e. The molecule has 5 nitrogen and oxygen atoms in total. The molecule has 168 valence electrons. The van der Waals surface area contributed by atoms with Crippen LogP contribution in [0.25, 0.3) is 27.7 Å². The van der Waals surface area contributed by atoms with Gasteiger partial charge in [-0.3, -0.25) is 9.20 Å². The van der Waals surface area contributed by atoms with Crippen molar-refractivity contribution in [1.82, 2.24) is 9.38 Å². The van der Waals surface area contributed by atoms with Crippen LogP contribution in [0.4, 0.5) is 19.0 Å². The second-order valence-electron chi connectivity index (χ2n) is 7.43. The first-order valence-corrected chi connectivity index (χ1v) is 10.3. The summed E-state index contributed by atoms with van der Waals surface area (Å²) in [5, 5.41) is 1.89. The second kappa shape index (κ2) is 8.82. The maximum atomic E-state index is 14.0. The van der Waals surface area contributed by atoms with Gasteiger partial charge < -0.3 is 4.74 Å². The number of carbonyl (C=O) groups is 1. The van der Waals surface area contributed by atoms with Crippen molar-refractivity contribution in [3.8, 4) is 11.3 Å². The van der Waals surface area contributed by atoms with Crippen molar-refractivity contribution in [1.29, 1.82) is 0 Å². The predicted molar refractivity (Wildman–Crippen MR) is 123 cm³/mol. The van der Waals surface area contributed by atoms with Gasteiger partial charge in [-0.15, -0.1) is 4.39 Å². The highest BCUT2D eigenvalue weighted by molar-refractivity contribution is 6.09. The highest BCUT2D eigenvalue weighted by atomic mass is 19.3. The first-order valence-electron chi connectivity index (χ1n) is 10.3. The summed E-state index contributed by atoms with van der Waals surface area (Å²) in [5.74, 6) is -0.365. The third-order valence-electron chi connectivity index (χ3n) is 5.30. The molecule has 0 saturated carbocycles. The Hall–Kier alpha value is -4.46. The van der Waals surface area contributed by atoms with Crippen molar-refractivity contribution < 1.29 is 22.7 Å². The van der Waals surface area contributed by atoms with E-state index in [1.165, 1.54) is 0 Å². The van der Waals surface area contributed by atoms with Gasteiger partial charge in [0, 0.05) is 22.9 Å². The van der Waals surface area contributed by atoms with Gasteiger partial charge in [-0.05, 0) is 29.0 Å². The van der Waals surface area contributed by atoms with Gasteiger partial charge in [-0.25, -0.2) is 4.98 Å². The van der Waals surface area contributed by atoms with Crippen LogP contribution >= 0.6 is 0 Å². The molecule has 8 heteroatoms. The molecule has 2 aromatic heterocycles. The van der Waals surface area contributed by atoms with Crippen LogP contribution in [0.3, 0.4) is 0 Å². The number of aromatic nitrogens is 2. The van der Waals surface area contributed by atoms with Crippen molar-refractivity contribution in [2.45, 2.75) is 6.61 Å². The fraction of sp³-hybridized carbons (Fsp3) is 0.0385. The standard InChI is InChI=1S/C26H16F3N3O2/c27-25(28)34-26(29)31-24-22(19-11-10-16-6-4-5-9-18(16)14-19)32-15-20(12-13-21(32)30-24)23(33)17-7-2-1-3-8-17/h1-15,25H/b31-26-. The van der Waals surface area contributed by atoms with Crippen LogP contribution in [-0.4, -0.2) is 27.9 Å². The number of imidazole rings is 1. The molecule has 0 aliphatic rings. The predicted octanol–water partition coefficient (Wildman–Crippen LogP) is 6.58. The third kappa shape index (κ3) is 4.13. The molecule has 0 bridgehead atoms. The van der Waals surface area contributed by atoms with E-state index in [4.69, 9.17) is 0 Å². The largest absolute Gasteiger partial charge is 0.393 e. The molecule has 0 N–H and O–H groups in total. The van der Waals surface area contributed by atoms with Crippen LogP contribution in [-0.2, 0) is 4.74 Å². The molecule has 0 fully saturated rings. The molecule has 5 aromatic rings. The number of rotatable bonds is 5. The molecule has 2 heterocycles. The number of nitrogens with zero attached hydrogens (tertiary/aromatic N) is 3. The van der Waals surface area contributed by atoms with E-state index in [9.17, 15) is 18.0 Å². The Morgan fingerprint density at radius 1 is 0.882 bits per heavy atom. The molecule has 34 heavy (non-hydrogen) atoms. The minimum atomic E-state index is -3.36. The maximum Gasteiger partial charge on any atom is 0.390 e. The lowest BCUT2D eigenvalue weighted by atomic mass is 10.0. The van der Waals surface area contributed by atoms with Crippen molar-refractivity contribution in [2.75, 3.05) is 0 Å². The molecular weight excluding hydrogens is 443 g/mol. The van der Waals surface area contributed by atoms with Crippen LogP contribution in [0.1, 0.15) is 15.9 Å². The molecule has 0 aliphatic carbocycles. The van der Waals surface area contributed by atoms with Crippen LogP contribution in [0.15, 0.2) is 96.1 Å². The summed E-state index contributed by atoms with van der Waals surface area (Å²) in [6.45, 7) is -3.36. The number of benzene rings is 3. The average molecular weight is 459 g/mol. The van der Waals surface area contributed by atoms with E-state index < -0.39 is 12.8 Å². The quantitative estimate of drug-likeness (QED) is 0.169. The maximum absolute atomic E-state index is 14.0. The lowest BCUT2D eigenvalue weighted by Gasteiger charge is -2.07. The Morgan fingerprint density at radius 3 is 2.38 bits per heavy atom. The fourth-order valence-electron chi connectivity index (χ4n) is 3.79. The fourth-order valence-corrected chi connectivity index (χ4v) is 3.79. The van der Waals surface area contributed by atoms with E-state index in [1.54, 1.807) is 53.1 Å². The lowest BCUT2D eigenvalue weighted by Crippen LogP contribution is -2.04. The molecule has 5 rings (SSSR count). The van der Waals surface area contributed by atoms with Crippen LogP contribution < -0.4 is 0 Å². The second-order valence-corrected chi connectivity index (χ2v) is 7.43. The van der Waals surface area contributed by atoms with Crippen molar-refractivity contribution in [3.05, 3.63) is 102 Å². The number of aliphatic imine (C=N–C) groups is 1. The SMILES string of the molecule is O=C(c1ccccc1)c1ccc2nc(/N=C(/F)OC(F)F)c(-c3ccc4ccccc4c3)n2c1. The highest BCUT2D eigenvalue weighted by Crippen LogP contribution is 2.34.